The van der Waals surface area contributed by atoms with Crippen LogP contribution in [0.2, 0.25) is 0 Å². The van der Waals surface area contributed by atoms with Gasteiger partial charge in [-0.15, -0.1) is 11.3 Å². The van der Waals surface area contributed by atoms with Crippen molar-refractivity contribution < 1.29 is 9.84 Å². The van der Waals surface area contributed by atoms with Crippen molar-refractivity contribution in [1.29, 1.82) is 0 Å². The van der Waals surface area contributed by atoms with Crippen LogP contribution in [0.15, 0.2) is 15.9 Å². The molecule has 1 aromatic rings. The number of aliphatic hydroxyl groups is 1. The highest BCUT2D eigenvalue weighted by Crippen LogP contribution is 2.20. The van der Waals surface area contributed by atoms with E-state index in [0.717, 1.165) is 4.34 Å². The van der Waals surface area contributed by atoms with Crippen molar-refractivity contribution in [2.75, 3.05) is 19.5 Å². The van der Waals surface area contributed by atoms with Crippen LogP contribution in [0.5, 0.6) is 0 Å². The lowest BCUT2D eigenvalue weighted by Crippen LogP contribution is -2.16. The number of aliphatic hydroxyl groups excluding tert-OH is 1. The van der Waals surface area contributed by atoms with Gasteiger partial charge in [0.2, 0.25) is 0 Å². The highest BCUT2D eigenvalue weighted by molar-refractivity contribution is 8.01. The van der Waals surface area contributed by atoms with Gasteiger partial charge in [-0.25, -0.2) is 4.98 Å². The predicted octanol–water partition coefficient (Wildman–Crippen LogP) is 1.24. The molecule has 3 nitrogen and oxygen atoms in total. The van der Waals surface area contributed by atoms with Gasteiger partial charge in [0.1, 0.15) is 4.34 Å². The van der Waals surface area contributed by atoms with Gasteiger partial charge in [-0.1, -0.05) is 11.8 Å². The van der Waals surface area contributed by atoms with Gasteiger partial charge in [0.15, 0.2) is 0 Å². The van der Waals surface area contributed by atoms with E-state index in [4.69, 9.17) is 4.74 Å². The highest BCUT2D eigenvalue weighted by Gasteiger charge is 2.04. The summed E-state index contributed by atoms with van der Waals surface area (Å²) in [6.45, 7) is 0.387. The van der Waals surface area contributed by atoms with Crippen molar-refractivity contribution in [2.24, 2.45) is 0 Å². The van der Waals surface area contributed by atoms with Crippen LogP contribution in [0, 0.1) is 0 Å². The topological polar surface area (TPSA) is 42.4 Å². The Morgan fingerprint density at radius 2 is 2.67 bits per heavy atom. The third-order valence-corrected chi connectivity index (χ3v) is 3.28. The largest absolute Gasteiger partial charge is 0.390 e. The van der Waals surface area contributed by atoms with Crippen LogP contribution < -0.4 is 0 Å². The summed E-state index contributed by atoms with van der Waals surface area (Å²) in [5.74, 6) is 0.640. The molecule has 12 heavy (non-hydrogen) atoms. The lowest BCUT2D eigenvalue weighted by Gasteiger charge is -2.06. The van der Waals surface area contributed by atoms with Crippen LogP contribution >= 0.6 is 23.1 Å². The maximum atomic E-state index is 9.28. The Kier molecular flexibility index (Phi) is 4.60. The van der Waals surface area contributed by atoms with Gasteiger partial charge in [0.25, 0.3) is 0 Å². The second kappa shape index (κ2) is 5.53. The number of aromatic nitrogens is 1. The Morgan fingerprint density at radius 3 is 3.25 bits per heavy atom. The maximum Gasteiger partial charge on any atom is 0.149 e. The smallest absolute Gasteiger partial charge is 0.149 e. The Hall–Kier alpha value is -0.100. The number of thiazole rings is 1. The van der Waals surface area contributed by atoms with Crippen molar-refractivity contribution in [3.8, 4) is 0 Å². The fourth-order valence-corrected chi connectivity index (χ4v) is 2.26. The number of ether oxygens (including phenoxy) is 1. The van der Waals surface area contributed by atoms with Gasteiger partial charge in [-0.3, -0.25) is 0 Å². The molecule has 1 heterocycles. The molecule has 0 spiro atoms. The number of hydrogen-bond donors (Lipinski definition) is 1. The molecule has 0 aliphatic carbocycles. The number of hydrogen-bond acceptors (Lipinski definition) is 5. The third-order valence-electron chi connectivity index (χ3n) is 1.17. The van der Waals surface area contributed by atoms with E-state index in [-0.39, 0.29) is 0 Å². The van der Waals surface area contributed by atoms with E-state index < -0.39 is 6.10 Å². The second-order valence-electron chi connectivity index (χ2n) is 2.22. The molecule has 68 valence electrons. The summed E-state index contributed by atoms with van der Waals surface area (Å²) in [7, 11) is 1.58. The molecule has 0 amide bonds. The highest BCUT2D eigenvalue weighted by atomic mass is 32.2. The number of rotatable bonds is 5. The van der Waals surface area contributed by atoms with Gasteiger partial charge >= 0.3 is 0 Å². The monoisotopic (exact) mass is 205 g/mol. The van der Waals surface area contributed by atoms with Gasteiger partial charge < -0.3 is 9.84 Å². The van der Waals surface area contributed by atoms with Crippen molar-refractivity contribution in [1.82, 2.24) is 4.98 Å². The van der Waals surface area contributed by atoms with Gasteiger partial charge in [-0.2, -0.15) is 0 Å². The van der Waals surface area contributed by atoms with E-state index in [0.29, 0.717) is 12.4 Å². The molecule has 1 aromatic heterocycles. The maximum absolute atomic E-state index is 9.28. The second-order valence-corrected chi connectivity index (χ2v) is 4.38. The first kappa shape index (κ1) is 9.98. The summed E-state index contributed by atoms with van der Waals surface area (Å²) in [5.41, 5.74) is 0. The van der Waals surface area contributed by atoms with Crippen LogP contribution in [-0.2, 0) is 4.74 Å². The van der Waals surface area contributed by atoms with E-state index in [2.05, 4.69) is 4.98 Å². The van der Waals surface area contributed by atoms with Crippen LogP contribution in [-0.4, -0.2) is 35.7 Å². The Bertz CT molecular complexity index is 203. The zero-order valence-electron chi connectivity index (χ0n) is 6.77. The summed E-state index contributed by atoms with van der Waals surface area (Å²) >= 11 is 3.14. The zero-order chi connectivity index (χ0) is 8.81. The molecule has 0 saturated heterocycles. The van der Waals surface area contributed by atoms with Gasteiger partial charge in [-0.05, 0) is 0 Å². The van der Waals surface area contributed by atoms with Crippen molar-refractivity contribution in [3.05, 3.63) is 11.6 Å². The Morgan fingerprint density at radius 1 is 1.83 bits per heavy atom. The minimum absolute atomic E-state index is 0.387. The minimum Gasteiger partial charge on any atom is -0.390 e. The predicted molar refractivity (Wildman–Crippen MR) is 50.7 cm³/mol. The molecule has 0 aliphatic heterocycles. The molecule has 0 bridgehead atoms. The number of thioether (sulfide) groups is 1. The summed E-state index contributed by atoms with van der Waals surface area (Å²) < 4.78 is 5.78. The quantitative estimate of drug-likeness (QED) is 0.734. The lowest BCUT2D eigenvalue weighted by molar-refractivity contribution is 0.0794. The summed E-state index contributed by atoms with van der Waals surface area (Å²) in [4.78, 5) is 4.08. The van der Waals surface area contributed by atoms with Gasteiger partial charge in [0.05, 0.1) is 12.7 Å². The first-order valence-corrected chi connectivity index (χ1v) is 5.38. The zero-order valence-corrected chi connectivity index (χ0v) is 8.40. The first-order valence-electron chi connectivity index (χ1n) is 3.52. The molecule has 1 unspecified atom stereocenters. The molecule has 1 rings (SSSR count). The number of methoxy groups -OCH3 is 1. The van der Waals surface area contributed by atoms with Crippen LogP contribution in [0.1, 0.15) is 0 Å². The minimum atomic E-state index is -0.399. The standard InChI is InChI=1S/C7H11NO2S2/c1-10-4-6(9)5-12-7-8-2-3-11-7/h2-3,6,9H,4-5H2,1H3. The normalized spacial score (nSPS) is 13.2. The third kappa shape index (κ3) is 3.53. The van der Waals surface area contributed by atoms with Crippen molar-refractivity contribution >= 4 is 23.1 Å². The molecule has 1 N–H and O–H groups in total. The van der Waals surface area contributed by atoms with E-state index in [1.807, 2.05) is 5.38 Å². The SMILES string of the molecule is COCC(O)CSc1nccs1. The van der Waals surface area contributed by atoms with Crippen LogP contribution in [0.4, 0.5) is 0 Å². The molecule has 0 radical (unpaired) electrons. The van der Waals surface area contributed by atoms with Crippen LogP contribution in [0.3, 0.4) is 0 Å². The molecule has 0 aromatic carbocycles. The van der Waals surface area contributed by atoms with Crippen molar-refractivity contribution in [3.63, 3.8) is 0 Å². The molecule has 0 saturated carbocycles. The average Bonchev–Trinajstić information content (AvgIpc) is 2.53. The van der Waals surface area contributed by atoms with E-state index >= 15 is 0 Å². The molecule has 0 fully saturated rings. The molecule has 1 atom stereocenters. The fourth-order valence-electron chi connectivity index (χ4n) is 0.690. The number of nitrogens with zero attached hydrogens (tertiary/aromatic N) is 1. The summed E-state index contributed by atoms with van der Waals surface area (Å²) in [5, 5.41) is 11.2. The van der Waals surface area contributed by atoms with Crippen LogP contribution in [0.25, 0.3) is 0 Å². The molecule has 0 aliphatic rings. The molecule has 5 heteroatoms. The summed E-state index contributed by atoms with van der Waals surface area (Å²) in [6, 6.07) is 0. The van der Waals surface area contributed by atoms with E-state index in [1.165, 1.54) is 0 Å². The lowest BCUT2D eigenvalue weighted by atomic mass is 10.4. The van der Waals surface area contributed by atoms with Crippen molar-refractivity contribution in [2.45, 2.75) is 10.4 Å². The molecular formula is C7H11NO2S2. The first-order chi connectivity index (χ1) is 5.83. The average molecular weight is 205 g/mol. The van der Waals surface area contributed by atoms with Gasteiger partial charge in [0, 0.05) is 24.4 Å². The Balaban J connectivity index is 2.17. The molecular weight excluding hydrogens is 194 g/mol. The fraction of sp³-hybridized carbons (Fsp3) is 0.571. The Labute approximate surface area is 79.8 Å². The van der Waals surface area contributed by atoms with E-state index in [9.17, 15) is 5.11 Å². The summed E-state index contributed by atoms with van der Waals surface area (Å²) in [6.07, 6.45) is 1.36. The van der Waals surface area contributed by atoms with E-state index in [1.54, 1.807) is 36.4 Å².